The van der Waals surface area contributed by atoms with Crippen molar-refractivity contribution in [2.24, 2.45) is 17.8 Å². The monoisotopic (exact) mass is 318 g/mol. The molecule has 1 heteroatoms. The zero-order valence-corrected chi connectivity index (χ0v) is 15.3. The third kappa shape index (κ3) is 6.83. The van der Waals surface area contributed by atoms with Gasteiger partial charge in [0.15, 0.2) is 0 Å². The van der Waals surface area contributed by atoms with Gasteiger partial charge in [-0.3, -0.25) is 0 Å². The van der Waals surface area contributed by atoms with Crippen LogP contribution in [-0.4, -0.2) is 12.7 Å². The predicted octanol–water partition coefficient (Wildman–Crippen LogP) is 6.69. The van der Waals surface area contributed by atoms with E-state index in [-0.39, 0.29) is 0 Å². The number of rotatable bonds is 9. The van der Waals surface area contributed by atoms with Crippen LogP contribution >= 0.6 is 0 Å². The van der Waals surface area contributed by atoms with E-state index in [1.807, 2.05) is 6.08 Å². The maximum atomic E-state index is 5.96. The van der Waals surface area contributed by atoms with Gasteiger partial charge in [0.1, 0.15) is 0 Å². The molecule has 132 valence electrons. The van der Waals surface area contributed by atoms with Crippen LogP contribution in [0.3, 0.4) is 0 Å². The Kier molecular flexibility index (Phi) is 9.04. The number of hydrogen-bond acceptors (Lipinski definition) is 1. The summed E-state index contributed by atoms with van der Waals surface area (Å²) in [6.45, 7) is 6.77. The Balaban J connectivity index is 1.58. The molecule has 23 heavy (non-hydrogen) atoms. The van der Waals surface area contributed by atoms with Crippen LogP contribution in [0.5, 0.6) is 0 Å². The van der Waals surface area contributed by atoms with Crippen molar-refractivity contribution in [1.29, 1.82) is 0 Å². The fourth-order valence-corrected chi connectivity index (χ4v) is 4.68. The molecular formula is C22H38O. The Bertz CT molecular complexity index is 330. The summed E-state index contributed by atoms with van der Waals surface area (Å²) in [5.41, 5.74) is 0. The first-order valence-electron chi connectivity index (χ1n) is 10.2. The lowest BCUT2D eigenvalue weighted by Crippen LogP contribution is -2.28. The van der Waals surface area contributed by atoms with Gasteiger partial charge in [-0.05, 0) is 82.5 Å². The van der Waals surface area contributed by atoms with E-state index in [1.165, 1.54) is 70.6 Å². The fraction of sp³-hybridized carbons (Fsp3) is 0.818. The van der Waals surface area contributed by atoms with E-state index in [0.29, 0.717) is 6.10 Å². The van der Waals surface area contributed by atoms with Crippen LogP contribution < -0.4 is 0 Å². The minimum atomic E-state index is 0.536. The Labute approximate surface area is 144 Å². The molecule has 2 fully saturated rings. The maximum Gasteiger partial charge on any atom is 0.0575 e. The van der Waals surface area contributed by atoms with Crippen LogP contribution in [-0.2, 0) is 4.74 Å². The summed E-state index contributed by atoms with van der Waals surface area (Å²) in [7, 11) is 0. The number of ether oxygens (including phenoxy) is 1. The van der Waals surface area contributed by atoms with Crippen molar-refractivity contribution in [3.8, 4) is 0 Å². The molecule has 0 heterocycles. The molecule has 2 aliphatic carbocycles. The second kappa shape index (κ2) is 11.1. The normalized spacial score (nSPS) is 32.2. The summed E-state index contributed by atoms with van der Waals surface area (Å²) in [5.74, 6) is 3.05. The zero-order chi connectivity index (χ0) is 16.3. The van der Waals surface area contributed by atoms with Crippen molar-refractivity contribution in [3.05, 3.63) is 24.8 Å². The van der Waals surface area contributed by atoms with Gasteiger partial charge in [-0.1, -0.05) is 37.5 Å². The molecule has 2 saturated carbocycles. The SMILES string of the molecule is C=CCCOC1CCC(C2CCC(CCC/C=C\C)CC2)CC1. The van der Waals surface area contributed by atoms with Gasteiger partial charge in [-0.15, -0.1) is 6.58 Å². The molecule has 0 saturated heterocycles. The number of hydrogen-bond donors (Lipinski definition) is 0. The number of allylic oxidation sites excluding steroid dienone is 2. The molecule has 0 aromatic heterocycles. The van der Waals surface area contributed by atoms with Gasteiger partial charge in [-0.2, -0.15) is 0 Å². The van der Waals surface area contributed by atoms with Crippen molar-refractivity contribution in [2.45, 2.75) is 90.1 Å². The molecule has 0 atom stereocenters. The van der Waals surface area contributed by atoms with Crippen LogP contribution in [0.15, 0.2) is 24.8 Å². The van der Waals surface area contributed by atoms with E-state index >= 15 is 0 Å². The van der Waals surface area contributed by atoms with Crippen molar-refractivity contribution in [2.75, 3.05) is 6.61 Å². The summed E-state index contributed by atoms with van der Waals surface area (Å²) in [5, 5.41) is 0. The summed E-state index contributed by atoms with van der Waals surface area (Å²) in [6, 6.07) is 0. The Morgan fingerprint density at radius 3 is 2.17 bits per heavy atom. The molecule has 0 N–H and O–H groups in total. The lowest BCUT2D eigenvalue weighted by Gasteiger charge is -2.37. The third-order valence-corrected chi connectivity index (χ3v) is 6.17. The van der Waals surface area contributed by atoms with Crippen LogP contribution in [0.4, 0.5) is 0 Å². The van der Waals surface area contributed by atoms with Gasteiger partial charge in [-0.25, -0.2) is 0 Å². The fourth-order valence-electron chi connectivity index (χ4n) is 4.68. The molecule has 0 amide bonds. The summed E-state index contributed by atoms with van der Waals surface area (Å²) in [4.78, 5) is 0. The zero-order valence-electron chi connectivity index (χ0n) is 15.3. The summed E-state index contributed by atoms with van der Waals surface area (Å²) < 4.78 is 5.96. The molecule has 0 aromatic carbocycles. The van der Waals surface area contributed by atoms with Crippen molar-refractivity contribution < 1.29 is 4.74 Å². The second-order valence-electron chi connectivity index (χ2n) is 7.77. The first-order valence-corrected chi connectivity index (χ1v) is 10.2. The van der Waals surface area contributed by atoms with Gasteiger partial charge >= 0.3 is 0 Å². The highest BCUT2D eigenvalue weighted by Gasteiger charge is 2.30. The third-order valence-electron chi connectivity index (χ3n) is 6.17. The molecule has 0 aromatic rings. The smallest absolute Gasteiger partial charge is 0.0575 e. The van der Waals surface area contributed by atoms with E-state index in [2.05, 4.69) is 25.7 Å². The summed E-state index contributed by atoms with van der Waals surface area (Å²) in [6.07, 6.45) is 23.6. The van der Waals surface area contributed by atoms with Crippen molar-refractivity contribution >= 4 is 0 Å². The average molecular weight is 319 g/mol. The van der Waals surface area contributed by atoms with E-state index in [4.69, 9.17) is 4.74 Å². The van der Waals surface area contributed by atoms with Gasteiger partial charge in [0.25, 0.3) is 0 Å². The topological polar surface area (TPSA) is 9.23 Å². The molecule has 1 nitrogen and oxygen atoms in total. The van der Waals surface area contributed by atoms with E-state index in [0.717, 1.165) is 30.8 Å². The predicted molar refractivity (Wildman–Crippen MR) is 101 cm³/mol. The highest BCUT2D eigenvalue weighted by Crippen LogP contribution is 2.41. The van der Waals surface area contributed by atoms with Crippen LogP contribution in [0.25, 0.3) is 0 Å². The lowest BCUT2D eigenvalue weighted by atomic mass is 9.70. The van der Waals surface area contributed by atoms with Crippen LogP contribution in [0, 0.1) is 17.8 Å². The summed E-state index contributed by atoms with van der Waals surface area (Å²) >= 11 is 0. The van der Waals surface area contributed by atoms with Gasteiger partial charge < -0.3 is 4.74 Å². The van der Waals surface area contributed by atoms with Gasteiger partial charge in [0.2, 0.25) is 0 Å². The molecule has 0 bridgehead atoms. The second-order valence-corrected chi connectivity index (χ2v) is 7.77. The van der Waals surface area contributed by atoms with E-state index < -0.39 is 0 Å². The van der Waals surface area contributed by atoms with Crippen molar-refractivity contribution in [1.82, 2.24) is 0 Å². The largest absolute Gasteiger partial charge is 0.378 e. The minimum absolute atomic E-state index is 0.536. The molecular weight excluding hydrogens is 280 g/mol. The van der Waals surface area contributed by atoms with E-state index in [1.54, 1.807) is 0 Å². The lowest BCUT2D eigenvalue weighted by molar-refractivity contribution is 0.00912. The first-order chi connectivity index (χ1) is 11.3. The molecule has 0 unspecified atom stereocenters. The number of unbranched alkanes of at least 4 members (excludes halogenated alkanes) is 1. The first kappa shape index (κ1) is 18.8. The Hall–Kier alpha value is -0.560. The van der Waals surface area contributed by atoms with E-state index in [9.17, 15) is 0 Å². The quantitative estimate of drug-likeness (QED) is 0.340. The minimum Gasteiger partial charge on any atom is -0.378 e. The molecule has 2 aliphatic rings. The average Bonchev–Trinajstić information content (AvgIpc) is 2.60. The highest BCUT2D eigenvalue weighted by molar-refractivity contribution is 4.83. The molecule has 2 rings (SSSR count). The Morgan fingerprint density at radius 2 is 1.57 bits per heavy atom. The standard InChI is InChI=1S/C22H38O/c1-3-5-7-8-9-19-10-12-20(13-11-19)21-14-16-22(17-15-21)23-18-6-4-2/h3-5,19-22H,2,6-18H2,1H3/b5-3-. The highest BCUT2D eigenvalue weighted by atomic mass is 16.5. The molecule has 0 spiro atoms. The van der Waals surface area contributed by atoms with Crippen LogP contribution in [0.2, 0.25) is 0 Å². The maximum absolute atomic E-state index is 5.96. The molecule has 0 aliphatic heterocycles. The van der Waals surface area contributed by atoms with Gasteiger partial charge in [0, 0.05) is 0 Å². The molecule has 0 radical (unpaired) electrons. The van der Waals surface area contributed by atoms with Crippen LogP contribution in [0.1, 0.15) is 84.0 Å². The van der Waals surface area contributed by atoms with Gasteiger partial charge in [0.05, 0.1) is 12.7 Å². The Morgan fingerprint density at radius 1 is 0.913 bits per heavy atom. The van der Waals surface area contributed by atoms with Crippen molar-refractivity contribution in [3.63, 3.8) is 0 Å².